The summed E-state index contributed by atoms with van der Waals surface area (Å²) in [5, 5.41) is 9.18. The minimum atomic E-state index is -0.435. The molecule has 0 aromatic carbocycles. The minimum Gasteiger partial charge on any atom is -0.496 e. The fraction of sp³-hybridized carbons (Fsp3) is 0.538. The third kappa shape index (κ3) is 5.03. The van der Waals surface area contributed by atoms with Crippen LogP contribution in [0.2, 0.25) is 0 Å². The smallest absolute Gasteiger partial charge is 0.120 e. The number of allylic oxidation sites excluding steroid dienone is 1. The Balaban J connectivity index is 2.05. The van der Waals surface area contributed by atoms with Gasteiger partial charge in [-0.15, -0.1) is 0 Å². The summed E-state index contributed by atoms with van der Waals surface area (Å²) >= 11 is 0. The summed E-state index contributed by atoms with van der Waals surface area (Å²) in [7, 11) is 0. The van der Waals surface area contributed by atoms with Crippen molar-refractivity contribution in [2.45, 2.75) is 45.3 Å². The third-order valence-electron chi connectivity index (χ3n) is 2.49. The lowest BCUT2D eigenvalue weighted by atomic mass is 10.1. The average molecular weight is 224 g/mol. The van der Waals surface area contributed by atoms with E-state index in [0.29, 0.717) is 0 Å². The van der Waals surface area contributed by atoms with Crippen molar-refractivity contribution in [2.24, 2.45) is 0 Å². The van der Waals surface area contributed by atoms with Crippen molar-refractivity contribution >= 4 is 0 Å². The first-order valence-electron chi connectivity index (χ1n) is 5.69. The molecule has 1 N–H and O–H groups in total. The number of ether oxygens (including phenoxy) is 1. The molecule has 16 heavy (non-hydrogen) atoms. The molecule has 1 aromatic rings. The van der Waals surface area contributed by atoms with Gasteiger partial charge in [-0.05, 0) is 50.8 Å². The van der Waals surface area contributed by atoms with Crippen molar-refractivity contribution in [1.29, 1.82) is 0 Å². The lowest BCUT2D eigenvalue weighted by molar-refractivity contribution is 0.0316. The molecule has 3 heteroatoms. The summed E-state index contributed by atoms with van der Waals surface area (Å²) in [6.07, 6.45) is 9.60. The van der Waals surface area contributed by atoms with Crippen LogP contribution < -0.4 is 0 Å². The second-order valence-electron chi connectivity index (χ2n) is 3.98. The number of hydrogen-bond acceptors (Lipinski definition) is 3. The van der Waals surface area contributed by atoms with Crippen LogP contribution in [0.25, 0.3) is 0 Å². The minimum absolute atomic E-state index is 0.148. The summed E-state index contributed by atoms with van der Waals surface area (Å²) in [5.41, 5.74) is 1.23. The maximum absolute atomic E-state index is 9.18. The SMILES string of the molecule is CC(O)C(C)O/C=C/CCCc1ccoc1. The lowest BCUT2D eigenvalue weighted by Gasteiger charge is -2.13. The number of hydrogen-bond donors (Lipinski definition) is 1. The van der Waals surface area contributed by atoms with Crippen LogP contribution in [0.5, 0.6) is 0 Å². The van der Waals surface area contributed by atoms with Crippen LogP contribution >= 0.6 is 0 Å². The van der Waals surface area contributed by atoms with Gasteiger partial charge in [0.05, 0.1) is 24.9 Å². The van der Waals surface area contributed by atoms with Gasteiger partial charge in [0.25, 0.3) is 0 Å². The molecule has 0 saturated carbocycles. The van der Waals surface area contributed by atoms with Crippen molar-refractivity contribution < 1.29 is 14.3 Å². The quantitative estimate of drug-likeness (QED) is 0.572. The van der Waals surface area contributed by atoms with E-state index in [1.54, 1.807) is 25.7 Å². The van der Waals surface area contributed by atoms with Gasteiger partial charge in [-0.2, -0.15) is 0 Å². The van der Waals surface area contributed by atoms with E-state index in [2.05, 4.69) is 0 Å². The van der Waals surface area contributed by atoms with Crippen LogP contribution in [0.15, 0.2) is 35.3 Å². The molecule has 0 fully saturated rings. The van der Waals surface area contributed by atoms with E-state index in [0.717, 1.165) is 19.3 Å². The van der Waals surface area contributed by atoms with E-state index < -0.39 is 6.10 Å². The number of rotatable bonds is 7. The topological polar surface area (TPSA) is 42.6 Å². The van der Waals surface area contributed by atoms with Gasteiger partial charge < -0.3 is 14.3 Å². The lowest BCUT2D eigenvalue weighted by Crippen LogP contribution is -2.20. The Labute approximate surface area is 96.7 Å². The average Bonchev–Trinajstić information content (AvgIpc) is 2.75. The third-order valence-corrected chi connectivity index (χ3v) is 2.49. The highest BCUT2D eigenvalue weighted by Crippen LogP contribution is 2.06. The zero-order chi connectivity index (χ0) is 11.8. The van der Waals surface area contributed by atoms with Gasteiger partial charge in [0.1, 0.15) is 6.10 Å². The largest absolute Gasteiger partial charge is 0.496 e. The molecule has 2 atom stereocenters. The van der Waals surface area contributed by atoms with Gasteiger partial charge in [-0.25, -0.2) is 0 Å². The maximum atomic E-state index is 9.18. The van der Waals surface area contributed by atoms with Gasteiger partial charge in [0.2, 0.25) is 0 Å². The highest BCUT2D eigenvalue weighted by Gasteiger charge is 2.06. The van der Waals surface area contributed by atoms with Gasteiger partial charge in [-0.3, -0.25) is 0 Å². The normalized spacial score (nSPS) is 15.2. The van der Waals surface area contributed by atoms with Crippen LogP contribution in [-0.2, 0) is 11.2 Å². The summed E-state index contributed by atoms with van der Waals surface area (Å²) in [6, 6.07) is 1.98. The van der Waals surface area contributed by atoms with E-state index in [9.17, 15) is 5.11 Å². The standard InChI is InChI=1S/C13H20O3/c1-11(14)12(2)16-8-5-3-4-6-13-7-9-15-10-13/h5,7-12,14H,3-4,6H2,1-2H3/b8-5+. The second-order valence-corrected chi connectivity index (χ2v) is 3.98. The summed E-state index contributed by atoms with van der Waals surface area (Å²) in [6.45, 7) is 3.57. The Morgan fingerprint density at radius 3 is 2.94 bits per heavy atom. The number of unbranched alkanes of at least 4 members (excludes halogenated alkanes) is 1. The molecule has 0 aliphatic rings. The van der Waals surface area contributed by atoms with Crippen molar-refractivity contribution in [3.8, 4) is 0 Å². The van der Waals surface area contributed by atoms with Crippen molar-refractivity contribution in [2.75, 3.05) is 0 Å². The fourth-order valence-electron chi connectivity index (χ4n) is 1.22. The fourth-order valence-corrected chi connectivity index (χ4v) is 1.22. The molecule has 0 aliphatic carbocycles. The molecule has 0 amide bonds. The van der Waals surface area contributed by atoms with E-state index in [-0.39, 0.29) is 6.10 Å². The van der Waals surface area contributed by atoms with Gasteiger partial charge in [0.15, 0.2) is 0 Å². The molecule has 1 heterocycles. The van der Waals surface area contributed by atoms with Crippen LogP contribution in [-0.4, -0.2) is 17.3 Å². The van der Waals surface area contributed by atoms with Gasteiger partial charge in [-0.1, -0.05) is 0 Å². The van der Waals surface area contributed by atoms with Crippen LogP contribution in [0, 0.1) is 0 Å². The second kappa shape index (κ2) is 7.12. The Morgan fingerprint density at radius 1 is 1.50 bits per heavy atom. The Kier molecular flexibility index (Phi) is 5.72. The molecule has 0 aliphatic heterocycles. The van der Waals surface area contributed by atoms with Crippen LogP contribution in [0.3, 0.4) is 0 Å². The molecule has 0 radical (unpaired) electrons. The molecule has 2 unspecified atom stereocenters. The first kappa shape index (κ1) is 12.8. The predicted molar refractivity (Wildman–Crippen MR) is 63.0 cm³/mol. The molecule has 0 spiro atoms. The summed E-state index contributed by atoms with van der Waals surface area (Å²) < 4.78 is 10.3. The van der Waals surface area contributed by atoms with Gasteiger partial charge >= 0.3 is 0 Å². The highest BCUT2D eigenvalue weighted by molar-refractivity contribution is 5.05. The molecule has 0 saturated heterocycles. The van der Waals surface area contributed by atoms with Crippen molar-refractivity contribution in [1.82, 2.24) is 0 Å². The molecule has 1 aromatic heterocycles. The number of aryl methyl sites for hydroxylation is 1. The zero-order valence-corrected chi connectivity index (χ0v) is 9.93. The molecule has 90 valence electrons. The van der Waals surface area contributed by atoms with E-state index in [1.165, 1.54) is 5.56 Å². The maximum Gasteiger partial charge on any atom is 0.120 e. The molecular weight excluding hydrogens is 204 g/mol. The predicted octanol–water partition coefficient (Wildman–Crippen LogP) is 2.90. The monoisotopic (exact) mass is 224 g/mol. The van der Waals surface area contributed by atoms with Crippen molar-refractivity contribution in [3.05, 3.63) is 36.5 Å². The molecule has 0 bridgehead atoms. The van der Waals surface area contributed by atoms with E-state index >= 15 is 0 Å². The molecule has 1 rings (SSSR count). The van der Waals surface area contributed by atoms with E-state index in [1.807, 2.05) is 19.1 Å². The van der Waals surface area contributed by atoms with E-state index in [4.69, 9.17) is 9.15 Å². The van der Waals surface area contributed by atoms with Crippen molar-refractivity contribution in [3.63, 3.8) is 0 Å². The number of furan rings is 1. The first-order valence-corrected chi connectivity index (χ1v) is 5.69. The van der Waals surface area contributed by atoms with Crippen LogP contribution in [0.1, 0.15) is 32.3 Å². The Bertz CT molecular complexity index is 288. The Hall–Kier alpha value is -1.22. The van der Waals surface area contributed by atoms with Gasteiger partial charge in [0, 0.05) is 0 Å². The highest BCUT2D eigenvalue weighted by atomic mass is 16.5. The number of aliphatic hydroxyl groups is 1. The summed E-state index contributed by atoms with van der Waals surface area (Å²) in [4.78, 5) is 0. The number of aliphatic hydroxyl groups excluding tert-OH is 1. The first-order chi connectivity index (χ1) is 7.70. The molecule has 3 nitrogen and oxygen atoms in total. The zero-order valence-electron chi connectivity index (χ0n) is 9.93. The van der Waals surface area contributed by atoms with Crippen LogP contribution in [0.4, 0.5) is 0 Å². The summed E-state index contributed by atoms with van der Waals surface area (Å²) in [5.74, 6) is 0. The Morgan fingerprint density at radius 2 is 2.31 bits per heavy atom. The molecular formula is C13H20O3.